The van der Waals surface area contributed by atoms with Crippen molar-refractivity contribution in [3.63, 3.8) is 0 Å². The van der Waals surface area contributed by atoms with Gasteiger partial charge in [0.2, 0.25) is 0 Å². The fourth-order valence-corrected chi connectivity index (χ4v) is 2.20. The van der Waals surface area contributed by atoms with Gasteiger partial charge in [-0.15, -0.1) is 0 Å². The predicted octanol–water partition coefficient (Wildman–Crippen LogP) is 0.404. The Bertz CT molecular complexity index is 173. The fourth-order valence-electron chi connectivity index (χ4n) is 2.20. The normalized spacial score (nSPS) is 15.8. The second-order valence-electron chi connectivity index (χ2n) is 4.38. The first-order valence-corrected chi connectivity index (χ1v) is 5.97. The summed E-state index contributed by atoms with van der Waals surface area (Å²) in [5.74, 6) is 0.176. The van der Waals surface area contributed by atoms with Crippen LogP contribution < -0.4 is 5.48 Å². The van der Waals surface area contributed by atoms with Gasteiger partial charge in [0, 0.05) is 13.1 Å². The fraction of sp³-hybridized carbons (Fsp3) is 1.00. The van der Waals surface area contributed by atoms with Crippen molar-refractivity contribution >= 4 is 0 Å². The van der Waals surface area contributed by atoms with Crippen molar-refractivity contribution in [3.8, 4) is 0 Å². The van der Waals surface area contributed by atoms with Gasteiger partial charge in [-0.1, -0.05) is 27.2 Å². The standard InChI is InChI=1S/C11H26N2O3/c1-4-5-11(12-16,10(2)3)13(6-8-14)7-9-15/h10,12,14-16H,4-9H2,1-3H3. The molecule has 0 aliphatic heterocycles. The van der Waals surface area contributed by atoms with E-state index >= 15 is 0 Å². The van der Waals surface area contributed by atoms with Crippen molar-refractivity contribution in [3.05, 3.63) is 0 Å². The Kier molecular flexibility index (Phi) is 7.87. The molecule has 1 atom stereocenters. The van der Waals surface area contributed by atoms with Gasteiger partial charge in [0.15, 0.2) is 0 Å². The first kappa shape index (κ1) is 15.8. The maximum absolute atomic E-state index is 9.45. The first-order chi connectivity index (χ1) is 7.58. The van der Waals surface area contributed by atoms with Gasteiger partial charge in [-0.25, -0.2) is 0 Å². The van der Waals surface area contributed by atoms with Crippen LogP contribution in [0.25, 0.3) is 0 Å². The van der Waals surface area contributed by atoms with Crippen molar-refractivity contribution in [1.82, 2.24) is 10.4 Å². The molecular formula is C11H26N2O3. The summed E-state index contributed by atoms with van der Waals surface area (Å²) in [6.45, 7) is 6.98. The van der Waals surface area contributed by atoms with Gasteiger partial charge in [-0.2, -0.15) is 5.48 Å². The first-order valence-electron chi connectivity index (χ1n) is 5.97. The zero-order valence-corrected chi connectivity index (χ0v) is 10.6. The maximum Gasteiger partial charge on any atom is 0.0969 e. The molecule has 1 unspecified atom stereocenters. The van der Waals surface area contributed by atoms with Crippen LogP contribution >= 0.6 is 0 Å². The molecule has 0 aliphatic carbocycles. The van der Waals surface area contributed by atoms with Crippen LogP contribution in [-0.4, -0.2) is 52.3 Å². The van der Waals surface area contributed by atoms with Gasteiger partial charge >= 0.3 is 0 Å². The minimum absolute atomic E-state index is 0.0138. The lowest BCUT2D eigenvalue weighted by atomic mass is 9.89. The summed E-state index contributed by atoms with van der Waals surface area (Å²) in [6.07, 6.45) is 1.68. The van der Waals surface area contributed by atoms with E-state index in [1.54, 1.807) is 0 Å². The van der Waals surface area contributed by atoms with E-state index in [0.29, 0.717) is 13.1 Å². The molecule has 4 N–H and O–H groups in total. The minimum atomic E-state index is -0.569. The zero-order chi connectivity index (χ0) is 12.6. The van der Waals surface area contributed by atoms with E-state index in [-0.39, 0.29) is 19.1 Å². The smallest absolute Gasteiger partial charge is 0.0969 e. The minimum Gasteiger partial charge on any atom is -0.395 e. The molecule has 98 valence electrons. The van der Waals surface area contributed by atoms with E-state index in [2.05, 4.69) is 5.48 Å². The van der Waals surface area contributed by atoms with E-state index in [1.165, 1.54) is 0 Å². The van der Waals surface area contributed by atoms with Crippen LogP contribution in [-0.2, 0) is 0 Å². The average Bonchev–Trinajstić information content (AvgIpc) is 2.25. The predicted molar refractivity (Wildman–Crippen MR) is 63.1 cm³/mol. The molecule has 0 radical (unpaired) electrons. The Morgan fingerprint density at radius 1 is 1.19 bits per heavy atom. The SMILES string of the molecule is CCCC(NO)(C(C)C)N(CCO)CCO. The number of aliphatic hydroxyl groups is 2. The van der Waals surface area contributed by atoms with E-state index in [9.17, 15) is 5.21 Å². The zero-order valence-electron chi connectivity index (χ0n) is 10.6. The van der Waals surface area contributed by atoms with Crippen LogP contribution in [0.2, 0.25) is 0 Å². The summed E-state index contributed by atoms with van der Waals surface area (Å²) < 4.78 is 0. The Labute approximate surface area is 98.0 Å². The number of rotatable bonds is 9. The molecule has 0 fully saturated rings. The number of aliphatic hydroxyl groups excluding tert-OH is 2. The lowest BCUT2D eigenvalue weighted by Crippen LogP contribution is -2.62. The highest BCUT2D eigenvalue weighted by molar-refractivity contribution is 4.88. The molecule has 0 saturated carbocycles. The molecule has 16 heavy (non-hydrogen) atoms. The van der Waals surface area contributed by atoms with Crippen LogP contribution in [0.15, 0.2) is 0 Å². The summed E-state index contributed by atoms with van der Waals surface area (Å²) >= 11 is 0. The summed E-state index contributed by atoms with van der Waals surface area (Å²) in [5.41, 5.74) is 1.82. The molecule has 0 amide bonds. The van der Waals surface area contributed by atoms with E-state index in [0.717, 1.165) is 12.8 Å². The molecule has 0 aromatic rings. The molecule has 0 saturated heterocycles. The molecule has 0 bridgehead atoms. The van der Waals surface area contributed by atoms with Gasteiger partial charge in [-0.05, 0) is 12.3 Å². The summed E-state index contributed by atoms with van der Waals surface area (Å²) in [5, 5.41) is 27.5. The van der Waals surface area contributed by atoms with E-state index in [4.69, 9.17) is 10.2 Å². The van der Waals surface area contributed by atoms with Crippen molar-refractivity contribution in [2.75, 3.05) is 26.3 Å². The molecule has 5 nitrogen and oxygen atoms in total. The van der Waals surface area contributed by atoms with Gasteiger partial charge in [0.05, 0.1) is 18.9 Å². The van der Waals surface area contributed by atoms with Crippen molar-refractivity contribution in [2.24, 2.45) is 5.92 Å². The topological polar surface area (TPSA) is 76.0 Å². The molecule has 0 aliphatic rings. The quantitative estimate of drug-likeness (QED) is 0.343. The highest BCUT2D eigenvalue weighted by atomic mass is 16.5. The number of hydrogen-bond donors (Lipinski definition) is 4. The Hall–Kier alpha value is -0.200. The van der Waals surface area contributed by atoms with Crippen LogP contribution in [0, 0.1) is 5.92 Å². The molecule has 0 heterocycles. The molecule has 0 rings (SSSR count). The third kappa shape index (κ3) is 3.68. The van der Waals surface area contributed by atoms with Crippen molar-refractivity contribution < 1.29 is 15.4 Å². The van der Waals surface area contributed by atoms with E-state index < -0.39 is 5.66 Å². The van der Waals surface area contributed by atoms with Gasteiger partial charge < -0.3 is 15.4 Å². The summed E-state index contributed by atoms with van der Waals surface area (Å²) in [6, 6.07) is 0. The maximum atomic E-state index is 9.45. The lowest BCUT2D eigenvalue weighted by molar-refractivity contribution is -0.0944. The monoisotopic (exact) mass is 234 g/mol. The highest BCUT2D eigenvalue weighted by Gasteiger charge is 2.38. The summed E-state index contributed by atoms with van der Waals surface area (Å²) in [4.78, 5) is 1.90. The second-order valence-corrected chi connectivity index (χ2v) is 4.38. The lowest BCUT2D eigenvalue weighted by Gasteiger charge is -2.45. The second kappa shape index (κ2) is 7.97. The molecule has 5 heteroatoms. The van der Waals surface area contributed by atoms with E-state index in [1.807, 2.05) is 25.7 Å². The van der Waals surface area contributed by atoms with Crippen molar-refractivity contribution in [1.29, 1.82) is 0 Å². The number of nitrogens with one attached hydrogen (secondary N) is 1. The summed E-state index contributed by atoms with van der Waals surface area (Å²) in [7, 11) is 0. The molecule has 0 aromatic heterocycles. The highest BCUT2D eigenvalue weighted by Crippen LogP contribution is 2.26. The van der Waals surface area contributed by atoms with Gasteiger partial charge in [-0.3, -0.25) is 4.90 Å². The molecule has 0 spiro atoms. The third-order valence-electron chi connectivity index (χ3n) is 3.08. The number of hydrogen-bond acceptors (Lipinski definition) is 5. The average molecular weight is 234 g/mol. The molecule has 0 aromatic carbocycles. The Morgan fingerprint density at radius 3 is 1.94 bits per heavy atom. The van der Waals surface area contributed by atoms with Crippen LogP contribution in [0.3, 0.4) is 0 Å². The van der Waals surface area contributed by atoms with Crippen LogP contribution in [0.5, 0.6) is 0 Å². The van der Waals surface area contributed by atoms with Gasteiger partial charge in [0.1, 0.15) is 0 Å². The molecular weight excluding hydrogens is 208 g/mol. The number of nitrogens with zero attached hydrogens (tertiary/aromatic N) is 1. The number of hydroxylamine groups is 1. The largest absolute Gasteiger partial charge is 0.395 e. The van der Waals surface area contributed by atoms with Gasteiger partial charge in [0.25, 0.3) is 0 Å². The van der Waals surface area contributed by atoms with Crippen LogP contribution in [0.1, 0.15) is 33.6 Å². The Balaban J connectivity index is 4.90. The Morgan fingerprint density at radius 2 is 1.69 bits per heavy atom. The van der Waals surface area contributed by atoms with Crippen LogP contribution in [0.4, 0.5) is 0 Å². The third-order valence-corrected chi connectivity index (χ3v) is 3.08. The van der Waals surface area contributed by atoms with Crippen molar-refractivity contribution in [2.45, 2.75) is 39.3 Å².